The second-order valence-corrected chi connectivity index (χ2v) is 6.18. The minimum absolute atomic E-state index is 0.394. The number of carbonyl (C=O) groups is 2. The van der Waals surface area contributed by atoms with Gasteiger partial charge in [0.15, 0.2) is 12.2 Å². The first-order chi connectivity index (χ1) is 12.9. The van der Waals surface area contributed by atoms with Crippen LogP contribution in [0.15, 0.2) is 48.5 Å². The van der Waals surface area contributed by atoms with E-state index in [-0.39, 0.29) is 0 Å². The molecule has 0 spiro atoms. The lowest BCUT2D eigenvalue weighted by Crippen LogP contribution is -2.36. The summed E-state index contributed by atoms with van der Waals surface area (Å²) < 4.78 is 16.1. The highest BCUT2D eigenvalue weighted by atomic mass is 35.5. The quantitative estimate of drug-likeness (QED) is 0.686. The van der Waals surface area contributed by atoms with E-state index in [0.717, 1.165) is 0 Å². The van der Waals surface area contributed by atoms with E-state index in [2.05, 4.69) is 5.32 Å². The molecule has 2 aromatic carbocycles. The number of nitrogens with one attached hydrogen (secondary N) is 1. The molecule has 2 atom stereocenters. The Balaban J connectivity index is 1.98. The van der Waals surface area contributed by atoms with Crippen molar-refractivity contribution in [2.45, 2.75) is 32.5 Å². The van der Waals surface area contributed by atoms with E-state index in [4.69, 9.17) is 25.8 Å². The maximum atomic E-state index is 12.4. The van der Waals surface area contributed by atoms with Crippen molar-refractivity contribution in [1.29, 1.82) is 0 Å². The molecule has 1 amide bonds. The summed E-state index contributed by atoms with van der Waals surface area (Å²) in [6.45, 7) is 3.29. The van der Waals surface area contributed by atoms with Crippen molar-refractivity contribution in [2.24, 2.45) is 0 Å². The fourth-order valence-electron chi connectivity index (χ4n) is 2.28. The van der Waals surface area contributed by atoms with Gasteiger partial charge in [0.05, 0.1) is 12.8 Å². The van der Waals surface area contributed by atoms with Crippen LogP contribution >= 0.6 is 11.6 Å². The van der Waals surface area contributed by atoms with Gasteiger partial charge in [0.25, 0.3) is 5.91 Å². The van der Waals surface area contributed by atoms with E-state index < -0.39 is 24.1 Å². The molecule has 2 rings (SSSR count). The van der Waals surface area contributed by atoms with Gasteiger partial charge in [0.1, 0.15) is 11.5 Å². The van der Waals surface area contributed by atoms with Crippen molar-refractivity contribution in [2.75, 3.05) is 12.4 Å². The summed E-state index contributed by atoms with van der Waals surface area (Å²) in [7, 11) is 1.48. The first-order valence-corrected chi connectivity index (χ1v) is 8.89. The lowest BCUT2D eigenvalue weighted by atomic mass is 10.2. The molecule has 0 fully saturated rings. The molecule has 2 aromatic rings. The summed E-state index contributed by atoms with van der Waals surface area (Å²) in [5.74, 6) is -0.104. The van der Waals surface area contributed by atoms with Crippen molar-refractivity contribution in [3.63, 3.8) is 0 Å². The largest absolute Gasteiger partial charge is 0.495 e. The van der Waals surface area contributed by atoms with Crippen LogP contribution in [-0.2, 0) is 14.3 Å². The zero-order valence-corrected chi connectivity index (χ0v) is 16.2. The molecular formula is C20H22ClNO5. The maximum Gasteiger partial charge on any atom is 0.348 e. The molecular weight excluding hydrogens is 370 g/mol. The maximum absolute atomic E-state index is 12.4. The molecule has 0 bridgehead atoms. The van der Waals surface area contributed by atoms with Crippen molar-refractivity contribution in [3.05, 3.63) is 53.6 Å². The lowest BCUT2D eigenvalue weighted by Gasteiger charge is -2.20. The second kappa shape index (κ2) is 9.83. The van der Waals surface area contributed by atoms with Gasteiger partial charge in [0.2, 0.25) is 0 Å². The Morgan fingerprint density at radius 2 is 1.85 bits per heavy atom. The number of amides is 1. The monoisotopic (exact) mass is 391 g/mol. The molecule has 0 saturated carbocycles. The average Bonchev–Trinajstić information content (AvgIpc) is 2.66. The lowest BCUT2D eigenvalue weighted by molar-refractivity contribution is -0.160. The van der Waals surface area contributed by atoms with E-state index in [9.17, 15) is 9.59 Å². The van der Waals surface area contributed by atoms with Crippen LogP contribution in [0.5, 0.6) is 11.5 Å². The standard InChI is InChI=1S/C20H22ClNO5/c1-4-17(27-15-8-6-5-7-9-15)20(24)26-13(2)19(23)22-16-12-14(21)10-11-18(16)25-3/h5-13,17H,4H2,1-3H3,(H,22,23)/t13-,17-/m1/s1. The SMILES string of the molecule is CC[C@@H](Oc1ccccc1)C(=O)O[C@H](C)C(=O)Nc1cc(Cl)ccc1OC. The van der Waals surface area contributed by atoms with E-state index in [1.54, 1.807) is 37.3 Å². The summed E-state index contributed by atoms with van der Waals surface area (Å²) in [6, 6.07) is 13.8. The highest BCUT2D eigenvalue weighted by molar-refractivity contribution is 6.31. The van der Waals surface area contributed by atoms with Crippen molar-refractivity contribution >= 4 is 29.2 Å². The zero-order valence-electron chi connectivity index (χ0n) is 15.4. The van der Waals surface area contributed by atoms with Gasteiger partial charge in [-0.25, -0.2) is 4.79 Å². The third-order valence-electron chi connectivity index (χ3n) is 3.74. The van der Waals surface area contributed by atoms with E-state index in [1.807, 2.05) is 18.2 Å². The smallest absolute Gasteiger partial charge is 0.348 e. The molecule has 0 aromatic heterocycles. The van der Waals surface area contributed by atoms with Crippen LogP contribution in [0.1, 0.15) is 20.3 Å². The van der Waals surface area contributed by atoms with Crippen LogP contribution in [0.3, 0.4) is 0 Å². The summed E-state index contributed by atoms with van der Waals surface area (Å²) >= 11 is 5.95. The highest BCUT2D eigenvalue weighted by Gasteiger charge is 2.26. The number of esters is 1. The molecule has 6 nitrogen and oxygen atoms in total. The third-order valence-corrected chi connectivity index (χ3v) is 3.97. The van der Waals surface area contributed by atoms with Crippen molar-refractivity contribution < 1.29 is 23.8 Å². The normalized spacial score (nSPS) is 12.6. The number of ether oxygens (including phenoxy) is 3. The topological polar surface area (TPSA) is 73.9 Å². The number of halogens is 1. The molecule has 1 N–H and O–H groups in total. The van der Waals surface area contributed by atoms with Gasteiger partial charge in [0, 0.05) is 5.02 Å². The Hall–Kier alpha value is -2.73. The van der Waals surface area contributed by atoms with Gasteiger partial charge in [-0.05, 0) is 43.7 Å². The number of carbonyl (C=O) groups excluding carboxylic acids is 2. The summed E-state index contributed by atoms with van der Waals surface area (Å²) in [6.07, 6.45) is -1.41. The van der Waals surface area contributed by atoms with Gasteiger partial charge in [-0.15, -0.1) is 0 Å². The van der Waals surface area contributed by atoms with E-state index >= 15 is 0 Å². The predicted molar refractivity (Wildman–Crippen MR) is 103 cm³/mol. The van der Waals surface area contributed by atoms with E-state index in [0.29, 0.717) is 28.6 Å². The summed E-state index contributed by atoms with van der Waals surface area (Å²) in [5, 5.41) is 3.09. The Morgan fingerprint density at radius 1 is 1.15 bits per heavy atom. The van der Waals surface area contributed by atoms with Crippen LogP contribution in [-0.4, -0.2) is 31.2 Å². The van der Waals surface area contributed by atoms with Crippen molar-refractivity contribution in [3.8, 4) is 11.5 Å². The number of para-hydroxylation sites is 1. The molecule has 0 heterocycles. The minimum atomic E-state index is -1.02. The van der Waals surface area contributed by atoms with Gasteiger partial charge in [-0.2, -0.15) is 0 Å². The number of anilines is 1. The first kappa shape index (κ1) is 20.6. The van der Waals surface area contributed by atoms with Gasteiger partial charge >= 0.3 is 5.97 Å². The number of rotatable bonds is 8. The zero-order chi connectivity index (χ0) is 19.8. The molecule has 0 aliphatic rings. The van der Waals surface area contributed by atoms with Crippen molar-refractivity contribution in [1.82, 2.24) is 0 Å². The fourth-order valence-corrected chi connectivity index (χ4v) is 2.45. The Morgan fingerprint density at radius 3 is 2.48 bits per heavy atom. The van der Waals surface area contributed by atoms with Crippen LogP contribution in [0, 0.1) is 0 Å². The first-order valence-electron chi connectivity index (χ1n) is 8.51. The molecule has 0 aliphatic heterocycles. The number of hydrogen-bond donors (Lipinski definition) is 1. The molecule has 0 unspecified atom stereocenters. The Kier molecular flexibility index (Phi) is 7.49. The Labute approximate surface area is 163 Å². The third kappa shape index (κ3) is 5.89. The summed E-state index contributed by atoms with van der Waals surface area (Å²) in [4.78, 5) is 24.7. The molecule has 7 heteroatoms. The molecule has 0 saturated heterocycles. The van der Waals surface area contributed by atoms with Crippen LogP contribution in [0.25, 0.3) is 0 Å². The van der Waals surface area contributed by atoms with E-state index in [1.165, 1.54) is 14.0 Å². The summed E-state index contributed by atoms with van der Waals surface area (Å²) in [5.41, 5.74) is 0.394. The van der Waals surface area contributed by atoms with Gasteiger partial charge in [-0.3, -0.25) is 4.79 Å². The van der Waals surface area contributed by atoms with Gasteiger partial charge < -0.3 is 19.5 Å². The number of methoxy groups -OCH3 is 1. The number of hydrogen-bond acceptors (Lipinski definition) is 5. The molecule has 0 aliphatic carbocycles. The molecule has 0 radical (unpaired) electrons. The van der Waals surface area contributed by atoms with Gasteiger partial charge in [-0.1, -0.05) is 36.7 Å². The average molecular weight is 392 g/mol. The van der Waals surface area contributed by atoms with Crippen LogP contribution < -0.4 is 14.8 Å². The van der Waals surface area contributed by atoms with Crippen LogP contribution in [0.2, 0.25) is 5.02 Å². The van der Waals surface area contributed by atoms with Crippen LogP contribution in [0.4, 0.5) is 5.69 Å². The number of benzene rings is 2. The minimum Gasteiger partial charge on any atom is -0.495 e. The highest BCUT2D eigenvalue weighted by Crippen LogP contribution is 2.27. The molecule has 144 valence electrons. The molecule has 27 heavy (non-hydrogen) atoms. The fraction of sp³-hybridized carbons (Fsp3) is 0.300. The Bertz CT molecular complexity index is 781. The predicted octanol–water partition coefficient (Wildman–Crippen LogP) is 4.08. The second-order valence-electron chi connectivity index (χ2n) is 5.74.